The van der Waals surface area contributed by atoms with Crippen LogP contribution in [0.4, 0.5) is 26.1 Å². The summed E-state index contributed by atoms with van der Waals surface area (Å²) in [6.45, 7) is 0. The van der Waals surface area contributed by atoms with Gasteiger partial charge in [0.25, 0.3) is 0 Å². The molecular weight excluding hydrogens is 364 g/mol. The van der Waals surface area contributed by atoms with E-state index in [1.54, 1.807) is 12.3 Å². The van der Waals surface area contributed by atoms with Gasteiger partial charge in [0.05, 0.1) is 12.1 Å². The molecule has 2 aromatic heterocycles. The van der Waals surface area contributed by atoms with E-state index in [9.17, 15) is 13.6 Å². The second-order valence-corrected chi connectivity index (χ2v) is 6.14. The molecule has 1 amide bonds. The van der Waals surface area contributed by atoms with Gasteiger partial charge in [0.2, 0.25) is 5.91 Å². The SMILES string of the molecule is O=C(Cc1c[nH]c2ccccc12)Nc1ccc(Nc2ccc(F)cc2F)nn1. The van der Waals surface area contributed by atoms with E-state index in [0.717, 1.165) is 28.6 Å². The number of hydrogen-bond donors (Lipinski definition) is 3. The summed E-state index contributed by atoms with van der Waals surface area (Å²) >= 11 is 0. The average Bonchev–Trinajstić information content (AvgIpc) is 3.08. The molecule has 0 bridgehead atoms. The zero-order chi connectivity index (χ0) is 19.5. The van der Waals surface area contributed by atoms with Crippen LogP contribution < -0.4 is 10.6 Å². The van der Waals surface area contributed by atoms with Crippen molar-refractivity contribution in [3.8, 4) is 0 Å². The molecule has 0 unspecified atom stereocenters. The van der Waals surface area contributed by atoms with Crippen molar-refractivity contribution < 1.29 is 13.6 Å². The zero-order valence-corrected chi connectivity index (χ0v) is 14.5. The lowest BCUT2D eigenvalue weighted by Gasteiger charge is -2.07. The first kappa shape index (κ1) is 17.6. The number of hydrogen-bond acceptors (Lipinski definition) is 4. The minimum atomic E-state index is -0.738. The van der Waals surface area contributed by atoms with Crippen LogP contribution in [-0.4, -0.2) is 21.1 Å². The highest BCUT2D eigenvalue weighted by atomic mass is 19.1. The van der Waals surface area contributed by atoms with Crippen LogP contribution in [0, 0.1) is 11.6 Å². The summed E-state index contributed by atoms with van der Waals surface area (Å²) in [6.07, 6.45) is 1.99. The van der Waals surface area contributed by atoms with Crippen LogP contribution in [0.3, 0.4) is 0 Å². The van der Waals surface area contributed by atoms with Gasteiger partial charge in [0.15, 0.2) is 11.6 Å². The number of fused-ring (bicyclic) bond motifs is 1. The Kier molecular flexibility index (Phi) is 4.67. The van der Waals surface area contributed by atoms with Gasteiger partial charge in [-0.3, -0.25) is 4.79 Å². The minimum absolute atomic E-state index is 0.0758. The summed E-state index contributed by atoms with van der Waals surface area (Å²) < 4.78 is 26.6. The highest BCUT2D eigenvalue weighted by molar-refractivity contribution is 5.95. The number of amides is 1. The van der Waals surface area contributed by atoms with Crippen LogP contribution in [-0.2, 0) is 11.2 Å². The number of carbonyl (C=O) groups excluding carboxylic acids is 1. The van der Waals surface area contributed by atoms with Crippen molar-refractivity contribution >= 4 is 34.1 Å². The van der Waals surface area contributed by atoms with Gasteiger partial charge in [-0.2, -0.15) is 0 Å². The Morgan fingerprint density at radius 1 is 1.00 bits per heavy atom. The third-order valence-corrected chi connectivity index (χ3v) is 4.15. The zero-order valence-electron chi connectivity index (χ0n) is 14.5. The summed E-state index contributed by atoms with van der Waals surface area (Å²) in [5.74, 6) is -1.10. The molecule has 0 atom stereocenters. The number of para-hydroxylation sites is 1. The van der Waals surface area contributed by atoms with E-state index in [4.69, 9.17) is 0 Å². The molecule has 0 radical (unpaired) electrons. The predicted octanol–water partition coefficient (Wildman–Crippen LogP) is 4.16. The van der Waals surface area contributed by atoms with Crippen molar-refractivity contribution in [3.05, 3.63) is 78.0 Å². The van der Waals surface area contributed by atoms with Gasteiger partial charge in [-0.05, 0) is 35.9 Å². The second-order valence-electron chi connectivity index (χ2n) is 6.14. The first-order chi connectivity index (χ1) is 13.6. The van der Waals surface area contributed by atoms with Crippen molar-refractivity contribution in [3.63, 3.8) is 0 Å². The molecule has 0 fully saturated rings. The fourth-order valence-corrected chi connectivity index (χ4v) is 2.83. The molecule has 2 aromatic carbocycles. The molecule has 6 nitrogen and oxygen atoms in total. The number of aromatic amines is 1. The van der Waals surface area contributed by atoms with Crippen LogP contribution in [0.15, 0.2) is 60.8 Å². The van der Waals surface area contributed by atoms with Gasteiger partial charge in [-0.1, -0.05) is 18.2 Å². The minimum Gasteiger partial charge on any atom is -0.361 e. The standard InChI is InChI=1S/C20H15F2N5O/c21-13-5-6-17(15(22)10-13)24-18-7-8-19(27-26-18)25-20(28)9-12-11-23-16-4-2-1-3-14(12)16/h1-8,10-11,23H,9H2,(H,24,26)(H,25,27,28). The first-order valence-corrected chi connectivity index (χ1v) is 8.49. The third-order valence-electron chi connectivity index (χ3n) is 4.15. The predicted molar refractivity (Wildman–Crippen MR) is 102 cm³/mol. The first-order valence-electron chi connectivity index (χ1n) is 8.49. The number of halogens is 2. The fourth-order valence-electron chi connectivity index (χ4n) is 2.83. The van der Waals surface area contributed by atoms with Crippen LogP contribution >= 0.6 is 0 Å². The lowest BCUT2D eigenvalue weighted by molar-refractivity contribution is -0.115. The number of H-pyrrole nitrogens is 1. The number of rotatable bonds is 5. The molecule has 2 heterocycles. The Hall–Kier alpha value is -3.81. The van der Waals surface area contributed by atoms with Gasteiger partial charge >= 0.3 is 0 Å². The smallest absolute Gasteiger partial charge is 0.230 e. The highest BCUT2D eigenvalue weighted by Gasteiger charge is 2.10. The van der Waals surface area contributed by atoms with Crippen LogP contribution in [0.2, 0.25) is 0 Å². The maximum atomic E-state index is 13.7. The number of benzene rings is 2. The van der Waals surface area contributed by atoms with Crippen molar-refractivity contribution in [2.24, 2.45) is 0 Å². The van der Waals surface area contributed by atoms with Crippen LogP contribution in [0.25, 0.3) is 10.9 Å². The molecule has 28 heavy (non-hydrogen) atoms. The number of carbonyl (C=O) groups is 1. The van der Waals surface area contributed by atoms with E-state index in [1.165, 1.54) is 12.1 Å². The van der Waals surface area contributed by atoms with Crippen molar-refractivity contribution in [2.75, 3.05) is 10.6 Å². The maximum absolute atomic E-state index is 13.7. The van der Waals surface area contributed by atoms with Gasteiger partial charge in [0.1, 0.15) is 11.6 Å². The normalized spacial score (nSPS) is 10.8. The molecule has 0 saturated heterocycles. The van der Waals surface area contributed by atoms with Crippen molar-refractivity contribution in [2.45, 2.75) is 6.42 Å². The molecule has 0 spiro atoms. The molecule has 3 N–H and O–H groups in total. The van der Waals surface area contributed by atoms with E-state index < -0.39 is 11.6 Å². The molecule has 0 aliphatic carbocycles. The van der Waals surface area contributed by atoms with Crippen molar-refractivity contribution in [1.82, 2.24) is 15.2 Å². The monoisotopic (exact) mass is 379 g/mol. The number of nitrogens with zero attached hydrogens (tertiary/aromatic N) is 2. The van der Waals surface area contributed by atoms with Gasteiger partial charge in [-0.25, -0.2) is 8.78 Å². The Morgan fingerprint density at radius 3 is 2.57 bits per heavy atom. The largest absolute Gasteiger partial charge is 0.361 e. The summed E-state index contributed by atoms with van der Waals surface area (Å²) in [5, 5.41) is 14.2. The number of nitrogens with one attached hydrogen (secondary N) is 3. The topological polar surface area (TPSA) is 82.7 Å². The molecule has 4 rings (SSSR count). The fraction of sp³-hybridized carbons (Fsp3) is 0.0500. The van der Waals surface area contributed by atoms with Crippen LogP contribution in [0.1, 0.15) is 5.56 Å². The van der Waals surface area contributed by atoms with E-state index in [2.05, 4.69) is 25.8 Å². The maximum Gasteiger partial charge on any atom is 0.230 e. The molecule has 0 aliphatic rings. The lowest BCUT2D eigenvalue weighted by atomic mass is 10.1. The van der Waals surface area contributed by atoms with Gasteiger partial charge in [0, 0.05) is 23.2 Å². The molecule has 4 aromatic rings. The second kappa shape index (κ2) is 7.43. The number of anilines is 3. The summed E-state index contributed by atoms with van der Waals surface area (Å²) in [5.41, 5.74) is 1.92. The van der Waals surface area contributed by atoms with Gasteiger partial charge in [-0.15, -0.1) is 10.2 Å². The third kappa shape index (κ3) is 3.80. The van der Waals surface area contributed by atoms with Crippen LogP contribution in [0.5, 0.6) is 0 Å². The average molecular weight is 379 g/mol. The van der Waals surface area contributed by atoms with E-state index in [-0.39, 0.29) is 29.7 Å². The highest BCUT2D eigenvalue weighted by Crippen LogP contribution is 2.20. The van der Waals surface area contributed by atoms with E-state index in [1.807, 2.05) is 24.3 Å². The molecule has 140 valence electrons. The van der Waals surface area contributed by atoms with Gasteiger partial charge < -0.3 is 15.6 Å². The summed E-state index contributed by atoms with van der Waals surface area (Å²) in [6, 6.07) is 14.0. The molecule has 0 aliphatic heterocycles. The van der Waals surface area contributed by atoms with E-state index in [0.29, 0.717) is 0 Å². The Morgan fingerprint density at radius 2 is 1.79 bits per heavy atom. The quantitative estimate of drug-likeness (QED) is 0.486. The lowest BCUT2D eigenvalue weighted by Crippen LogP contribution is -2.15. The molecule has 8 heteroatoms. The summed E-state index contributed by atoms with van der Waals surface area (Å²) in [7, 11) is 0. The Bertz CT molecular complexity index is 1140. The Balaban J connectivity index is 1.40. The summed E-state index contributed by atoms with van der Waals surface area (Å²) in [4.78, 5) is 15.4. The molecule has 0 saturated carbocycles. The van der Waals surface area contributed by atoms with Crippen molar-refractivity contribution in [1.29, 1.82) is 0 Å². The van der Waals surface area contributed by atoms with E-state index >= 15 is 0 Å². The number of aromatic nitrogens is 3. The molecular formula is C20H15F2N5O. The Labute approximate surface area is 158 Å².